The van der Waals surface area contributed by atoms with Crippen molar-refractivity contribution in [1.29, 1.82) is 0 Å². The summed E-state index contributed by atoms with van der Waals surface area (Å²) in [7, 11) is 0. The summed E-state index contributed by atoms with van der Waals surface area (Å²) in [6.07, 6.45) is 1.14. The number of piperazine rings is 1. The molecule has 6 rings (SSSR count). The van der Waals surface area contributed by atoms with Crippen molar-refractivity contribution >= 4 is 22.9 Å². The van der Waals surface area contributed by atoms with Gasteiger partial charge < -0.3 is 24.0 Å². The third-order valence-corrected chi connectivity index (χ3v) is 8.18. The van der Waals surface area contributed by atoms with E-state index >= 15 is 8.78 Å². The van der Waals surface area contributed by atoms with Crippen LogP contribution < -0.4 is 20.1 Å². The number of hydrogen-bond acceptors (Lipinski definition) is 9. The highest BCUT2D eigenvalue weighted by Crippen LogP contribution is 2.39. The molecule has 1 amide bonds. The number of anilines is 1. The third kappa shape index (κ3) is 5.94. The normalized spacial score (nSPS) is 18.2. The van der Waals surface area contributed by atoms with Crippen LogP contribution in [0.5, 0.6) is 11.5 Å². The SMILES string of the molecule is CC(C)c1nccc2c1-n1c(=O)nc(N3C[C@@H](C)N(C(=O)OC(C)(C)C)C[C@@H]3C)c3cc(F)c(nc31)-c1cccc(F)c1OCCO2. The topological polar surface area (TPSA) is 112 Å². The maximum absolute atomic E-state index is 16.3. The van der Waals surface area contributed by atoms with Crippen LogP contribution in [0.15, 0.2) is 41.3 Å². The molecule has 1 saturated heterocycles. The predicted molar refractivity (Wildman–Crippen MR) is 173 cm³/mol. The van der Waals surface area contributed by atoms with Gasteiger partial charge in [-0.2, -0.15) is 4.98 Å². The molecule has 47 heavy (non-hydrogen) atoms. The van der Waals surface area contributed by atoms with Crippen LogP contribution in [0.2, 0.25) is 0 Å². The van der Waals surface area contributed by atoms with Gasteiger partial charge in [-0.05, 0) is 58.7 Å². The standard InChI is InChI=1S/C34H38F2N6O5/c1-18(2)26-28-25(11-12-37-26)45-13-14-46-29-21(9-8-10-23(29)35)27-24(36)15-22-30(39-32(43)42(28)31(22)38-27)40-16-20(4)41(17-19(40)3)33(44)47-34(5,6)7/h8-12,15,18-20H,13-14,16-17H2,1-7H3/t19-,20+/m0/s1. The molecule has 2 aliphatic rings. The summed E-state index contributed by atoms with van der Waals surface area (Å²) in [6.45, 7) is 13.6. The summed E-state index contributed by atoms with van der Waals surface area (Å²) in [5.41, 5.74) is -0.488. The zero-order valence-corrected chi connectivity index (χ0v) is 27.5. The van der Waals surface area contributed by atoms with E-state index in [-0.39, 0.29) is 78.2 Å². The first-order valence-corrected chi connectivity index (χ1v) is 15.7. The van der Waals surface area contributed by atoms with Crippen molar-refractivity contribution in [3.05, 3.63) is 64.3 Å². The molecule has 2 atom stereocenters. The molecule has 0 saturated carbocycles. The summed E-state index contributed by atoms with van der Waals surface area (Å²) < 4.78 is 50.1. The second-order valence-electron chi connectivity index (χ2n) is 13.2. The summed E-state index contributed by atoms with van der Waals surface area (Å²) in [6, 6.07) is 6.41. The van der Waals surface area contributed by atoms with Gasteiger partial charge in [-0.15, -0.1) is 0 Å². The van der Waals surface area contributed by atoms with E-state index in [4.69, 9.17) is 19.2 Å². The molecule has 13 heteroatoms. The number of carbonyl (C=O) groups is 1. The van der Waals surface area contributed by atoms with E-state index in [1.165, 1.54) is 28.8 Å². The number of benzene rings is 1. The summed E-state index contributed by atoms with van der Waals surface area (Å²) in [5, 5.41) is 0.246. The number of nitrogens with zero attached hydrogens (tertiary/aromatic N) is 6. The molecule has 0 N–H and O–H groups in total. The Morgan fingerprint density at radius 3 is 2.49 bits per heavy atom. The van der Waals surface area contributed by atoms with Gasteiger partial charge in [-0.3, -0.25) is 4.98 Å². The maximum Gasteiger partial charge on any atom is 0.410 e. The molecule has 4 aromatic rings. The van der Waals surface area contributed by atoms with Gasteiger partial charge in [0.2, 0.25) is 0 Å². The van der Waals surface area contributed by atoms with Crippen LogP contribution >= 0.6 is 0 Å². The molecule has 248 valence electrons. The fourth-order valence-electron chi connectivity index (χ4n) is 6.06. The summed E-state index contributed by atoms with van der Waals surface area (Å²) in [4.78, 5) is 44.6. The number of para-hydroxylation sites is 1. The smallest absolute Gasteiger partial charge is 0.410 e. The van der Waals surface area contributed by atoms with Crippen molar-refractivity contribution in [1.82, 2.24) is 24.4 Å². The molecule has 11 nitrogen and oxygen atoms in total. The molecule has 2 bridgehead atoms. The van der Waals surface area contributed by atoms with E-state index in [0.717, 1.165) is 0 Å². The molecule has 2 aliphatic heterocycles. The number of hydrogen-bond donors (Lipinski definition) is 0. The highest BCUT2D eigenvalue weighted by Gasteiger charge is 2.37. The molecule has 3 aromatic heterocycles. The Kier molecular flexibility index (Phi) is 8.27. The van der Waals surface area contributed by atoms with Crippen LogP contribution in [0.1, 0.15) is 60.1 Å². The fourth-order valence-corrected chi connectivity index (χ4v) is 6.06. The minimum Gasteiger partial charge on any atom is -0.488 e. The van der Waals surface area contributed by atoms with Crippen molar-refractivity contribution in [2.24, 2.45) is 0 Å². The van der Waals surface area contributed by atoms with E-state index in [9.17, 15) is 9.59 Å². The van der Waals surface area contributed by atoms with Crippen molar-refractivity contribution in [3.63, 3.8) is 0 Å². The summed E-state index contributed by atoms with van der Waals surface area (Å²) in [5.74, 6) is -1.23. The highest BCUT2D eigenvalue weighted by atomic mass is 19.1. The van der Waals surface area contributed by atoms with Crippen LogP contribution in [0.3, 0.4) is 0 Å². The van der Waals surface area contributed by atoms with Crippen LogP contribution in [0.4, 0.5) is 19.4 Å². The number of ether oxygens (including phenoxy) is 3. The van der Waals surface area contributed by atoms with Gasteiger partial charge in [0.1, 0.15) is 41.8 Å². The highest BCUT2D eigenvalue weighted by molar-refractivity contribution is 5.91. The van der Waals surface area contributed by atoms with E-state index in [0.29, 0.717) is 17.1 Å². The monoisotopic (exact) mass is 648 g/mol. The molecule has 0 radical (unpaired) electrons. The first kappa shape index (κ1) is 32.1. The lowest BCUT2D eigenvalue weighted by Gasteiger charge is -2.44. The van der Waals surface area contributed by atoms with Gasteiger partial charge in [0, 0.05) is 43.0 Å². The average molecular weight is 649 g/mol. The Morgan fingerprint density at radius 1 is 1.02 bits per heavy atom. The largest absolute Gasteiger partial charge is 0.488 e. The number of rotatable bonds is 2. The van der Waals surface area contributed by atoms with Gasteiger partial charge >= 0.3 is 11.8 Å². The third-order valence-electron chi connectivity index (χ3n) is 8.18. The Balaban J connectivity index is 1.61. The molecule has 1 aromatic carbocycles. The van der Waals surface area contributed by atoms with Crippen LogP contribution in [-0.2, 0) is 4.74 Å². The van der Waals surface area contributed by atoms with E-state index in [2.05, 4.69) is 9.97 Å². The van der Waals surface area contributed by atoms with Gasteiger partial charge in [-0.1, -0.05) is 19.9 Å². The number of aromatic nitrogens is 4. The Bertz CT molecular complexity index is 1920. The fraction of sp³-hybridized carbons (Fsp3) is 0.441. The van der Waals surface area contributed by atoms with Crippen molar-refractivity contribution in [2.75, 3.05) is 31.2 Å². The average Bonchev–Trinajstić information content (AvgIpc) is 2.99. The van der Waals surface area contributed by atoms with E-state index in [1.807, 2.05) is 32.6 Å². The van der Waals surface area contributed by atoms with Crippen LogP contribution in [0, 0.1) is 11.6 Å². The first-order valence-electron chi connectivity index (χ1n) is 15.7. The molecular formula is C34H38F2N6O5. The second-order valence-corrected chi connectivity index (χ2v) is 13.2. The number of amides is 1. The lowest BCUT2D eigenvalue weighted by molar-refractivity contribution is 0.0130. The van der Waals surface area contributed by atoms with Gasteiger partial charge in [0.15, 0.2) is 23.0 Å². The zero-order chi connectivity index (χ0) is 33.8. The van der Waals surface area contributed by atoms with Crippen LogP contribution in [0.25, 0.3) is 28.0 Å². The van der Waals surface area contributed by atoms with Crippen molar-refractivity contribution < 1.29 is 27.8 Å². The molecule has 0 aliphatic carbocycles. The first-order chi connectivity index (χ1) is 22.2. The lowest BCUT2D eigenvalue weighted by atomic mass is 10.1. The summed E-state index contributed by atoms with van der Waals surface area (Å²) >= 11 is 0. The zero-order valence-electron chi connectivity index (χ0n) is 27.5. The van der Waals surface area contributed by atoms with E-state index in [1.54, 1.807) is 37.9 Å². The Hall–Kier alpha value is -4.81. The van der Waals surface area contributed by atoms with Crippen LogP contribution in [-0.4, -0.2) is 74.5 Å². The second kappa shape index (κ2) is 12.1. The molecular weight excluding hydrogens is 610 g/mol. The van der Waals surface area contributed by atoms with Crippen molar-refractivity contribution in [3.8, 4) is 28.4 Å². The minimum absolute atomic E-state index is 0.00685. The molecule has 1 fully saturated rings. The molecule has 0 unspecified atom stereocenters. The number of carbonyl (C=O) groups excluding carboxylic acids is 1. The van der Waals surface area contributed by atoms with E-state index < -0.39 is 29.0 Å². The molecule has 5 heterocycles. The molecule has 0 spiro atoms. The minimum atomic E-state index is -0.752. The Labute approximate surface area is 271 Å². The quantitative estimate of drug-likeness (QED) is 0.264. The van der Waals surface area contributed by atoms with Gasteiger partial charge in [0.05, 0.1) is 11.1 Å². The predicted octanol–water partition coefficient (Wildman–Crippen LogP) is 5.85. The lowest BCUT2D eigenvalue weighted by Crippen LogP contribution is -2.59. The Morgan fingerprint density at radius 2 is 1.77 bits per heavy atom. The number of pyridine rings is 2. The number of fused-ring (bicyclic) bond motifs is 5. The van der Waals surface area contributed by atoms with Crippen molar-refractivity contribution in [2.45, 2.75) is 72.1 Å². The maximum atomic E-state index is 16.3. The number of halogens is 2. The van der Waals surface area contributed by atoms with Gasteiger partial charge in [-0.25, -0.2) is 27.9 Å². The van der Waals surface area contributed by atoms with Gasteiger partial charge in [0.25, 0.3) is 0 Å².